The highest BCUT2D eigenvalue weighted by molar-refractivity contribution is 7.43. The van der Waals surface area contributed by atoms with Crippen molar-refractivity contribution in [1.29, 1.82) is 0 Å². The first-order valence-electron chi connectivity index (χ1n) is 54.2. The van der Waals surface area contributed by atoms with Crippen molar-refractivity contribution < 1.29 is 155 Å². The van der Waals surface area contributed by atoms with Gasteiger partial charge in [0.05, 0.1) is 79.5 Å². The number of esters is 4. The molecule has 0 aromatic heterocycles. The molecule has 0 unspecified atom stereocenters. The van der Waals surface area contributed by atoms with Crippen LogP contribution in [0.4, 0.5) is 0 Å². The zero-order valence-electron chi connectivity index (χ0n) is 85.1. The van der Waals surface area contributed by atoms with Gasteiger partial charge in [0, 0.05) is 19.3 Å². The van der Waals surface area contributed by atoms with E-state index in [1.165, 1.54) is 19.3 Å². The summed E-state index contributed by atoms with van der Waals surface area (Å²) < 4.78 is 92.0. The van der Waals surface area contributed by atoms with Crippen LogP contribution in [0.1, 0.15) is 472 Å². The summed E-state index contributed by atoms with van der Waals surface area (Å²) in [6, 6.07) is -4.42. The molecule has 138 heavy (non-hydrogen) atoms. The number of hydrogen-bond donors (Lipinski definition) is 9. The second-order valence-corrected chi connectivity index (χ2v) is 41.4. The maximum Gasteiger partial charge on any atom is 0.310 e. The van der Waals surface area contributed by atoms with E-state index in [4.69, 9.17) is 51.7 Å². The number of carbonyl (C=O) groups is 7. The van der Waals surface area contributed by atoms with Gasteiger partial charge in [-0.15, -0.1) is 0 Å². The lowest BCUT2D eigenvalue weighted by Gasteiger charge is -2.50. The fourth-order valence-electron chi connectivity index (χ4n) is 18.4. The van der Waals surface area contributed by atoms with Crippen molar-refractivity contribution in [1.82, 2.24) is 10.6 Å². The molecule has 0 spiro atoms. The molecule has 0 aromatic rings. The molecule has 810 valence electrons. The van der Waals surface area contributed by atoms with E-state index >= 15 is 9.59 Å². The van der Waals surface area contributed by atoms with Crippen LogP contribution < -0.4 is 35.3 Å². The summed E-state index contributed by atoms with van der Waals surface area (Å²) in [4.78, 5) is 155. The average molecular weight is 2010 g/mol. The first kappa shape index (κ1) is 128. The molecule has 3 rings (SSSR count). The number of aliphatic hydroxyl groups is 7. The number of aliphatic hydroxyl groups excluding tert-OH is 7. The number of nitrogens with one attached hydrogen (secondary N) is 2. The van der Waals surface area contributed by atoms with E-state index in [-0.39, 0.29) is 38.5 Å². The van der Waals surface area contributed by atoms with Gasteiger partial charge in [-0.05, 0) is 51.4 Å². The fourth-order valence-corrected chi connectivity index (χ4v) is 19.4. The van der Waals surface area contributed by atoms with E-state index in [1.54, 1.807) is 0 Å². The van der Waals surface area contributed by atoms with Crippen LogP contribution in [0, 0.1) is 0 Å². The van der Waals surface area contributed by atoms with E-state index < -0.39 is 225 Å². The minimum absolute atomic E-state index is 0.0242. The number of aliphatic carboxylic acids is 1. The van der Waals surface area contributed by atoms with Crippen LogP contribution in [-0.2, 0) is 94.4 Å². The van der Waals surface area contributed by atoms with E-state index in [0.717, 1.165) is 270 Å². The van der Waals surface area contributed by atoms with E-state index in [9.17, 15) is 93.5 Å². The van der Waals surface area contributed by atoms with E-state index in [1.807, 2.05) is 0 Å². The minimum Gasteiger partial charge on any atom is -0.790 e. The quantitative estimate of drug-likeness (QED) is 0.0118. The van der Waals surface area contributed by atoms with Gasteiger partial charge in [0.25, 0.3) is 0 Å². The summed E-state index contributed by atoms with van der Waals surface area (Å²) >= 11 is 0. The second-order valence-electron chi connectivity index (χ2n) is 39.2. The lowest BCUT2D eigenvalue weighted by Crippen LogP contribution is -2.69. The minimum atomic E-state index is -6.56. The van der Waals surface area contributed by atoms with Crippen molar-refractivity contribution in [2.24, 2.45) is 0 Å². The van der Waals surface area contributed by atoms with Gasteiger partial charge in [-0.25, -0.2) is 0 Å². The summed E-state index contributed by atoms with van der Waals surface area (Å²) in [6.45, 7) is 8.87. The standard InChI is InChI=1S/C102H190N2O32P2/c1-7-13-19-25-31-37-38-44-50-56-62-68-88(113)129-80(66-60-54-48-42-35-29-23-17-11-5)72-90(115)133-98-92(104-86(111)71-79(65-59-53-47-41-34-28-22-16-10-4)128-87(112)67-61-55-49-43-36-30-24-18-12-6)99(131-84(96(98)135-137(120,121)122)76-127-102(101(118)119)73-81(108)93(116)95(134-102)82(109)74-105)126-75-83-94(117)97(132-89(114)70-78(107)64-58-52-46-40-33-27-21-15-9-3)91(100(130-83)136-138(123,124)125)103-85(110)69-77(106)63-57-51-45-39-32-26-20-14-8-2/h77-84,91-100,105-109,116-117H,7-76H2,1-6H3,(H,103,110)(H,104,111)(H,118,119)(H2,120,121,122)(H2,123,124,125)/p-5/t77-,78-,79-,80-,81-,82-,83-,84-,91-,92-,93-,94-,95-,96-,97-,98-,99-,100-,102-/m1/s1. The van der Waals surface area contributed by atoms with Crippen LogP contribution in [-0.4, -0.2) is 213 Å². The zero-order chi connectivity index (χ0) is 102. The molecule has 34 nitrogen and oxygen atoms in total. The molecular weight excluding hydrogens is 1830 g/mol. The molecule has 3 fully saturated rings. The Hall–Kier alpha value is -3.97. The molecule has 9 N–H and O–H groups in total. The Kier molecular flexibility index (Phi) is 72.8. The smallest absolute Gasteiger partial charge is 0.310 e. The zero-order valence-corrected chi connectivity index (χ0v) is 86.9. The van der Waals surface area contributed by atoms with Crippen LogP contribution in [0.25, 0.3) is 0 Å². The van der Waals surface area contributed by atoms with Gasteiger partial charge in [-0.1, -0.05) is 375 Å². The fraction of sp³-hybridized carbons (Fsp3) is 0.931. The molecule has 0 aromatic carbocycles. The van der Waals surface area contributed by atoms with E-state index in [2.05, 4.69) is 52.2 Å². The van der Waals surface area contributed by atoms with Crippen LogP contribution >= 0.6 is 15.6 Å². The SMILES string of the molecule is CCCCCCCCCCCCCC(=O)O[C@H](CCCCCCCCCCC)CC(=O)O[C@@H]1[C@@H](NC(=O)C[C@@H](CCCCCCCCCCC)OC(=O)CCCCCCCCCCC)[C@H](OC[C@H]2O[C@H](OP(=O)([O-])[O-])[C@H](NC(=O)C[C@H](O)CCCCCCCCCCC)[C@@H](OC(=O)C[C@H](O)CCCCCCCCCCC)[C@@H]2O)O[C@H](CO[C@]2(C(=O)[O-])C[C@@H](O)[C@@H](O)[C@@H]([C@H](O)CO)O2)[C@H]1OP(=O)([O-])[O-]. The molecule has 0 aliphatic carbocycles. The van der Waals surface area contributed by atoms with Gasteiger partial charge in [0.15, 0.2) is 24.8 Å². The largest absolute Gasteiger partial charge is 0.790 e. The molecule has 3 heterocycles. The molecule has 0 bridgehead atoms. The Morgan fingerprint density at radius 2 is 0.717 bits per heavy atom. The number of hydrogen-bond acceptors (Lipinski definition) is 32. The Labute approximate surface area is 826 Å². The maximum absolute atomic E-state index is 15.5. The van der Waals surface area contributed by atoms with Gasteiger partial charge in [0.1, 0.15) is 73.0 Å². The summed E-state index contributed by atoms with van der Waals surface area (Å²) in [5, 5.41) is 97.3. The van der Waals surface area contributed by atoms with Crippen molar-refractivity contribution in [2.45, 2.75) is 588 Å². The average Bonchev–Trinajstić information content (AvgIpc) is 0.762. The molecule has 0 saturated carbocycles. The summed E-state index contributed by atoms with van der Waals surface area (Å²) in [5.41, 5.74) is 0. The molecular formula is C102H185N2O32P2-5. The molecule has 19 atom stereocenters. The predicted octanol–water partition coefficient (Wildman–Crippen LogP) is 14.4. The first-order valence-corrected chi connectivity index (χ1v) is 57.1. The molecule has 36 heteroatoms. The van der Waals surface area contributed by atoms with Crippen molar-refractivity contribution >= 4 is 57.3 Å². The van der Waals surface area contributed by atoms with E-state index in [0.29, 0.717) is 70.6 Å². The van der Waals surface area contributed by atoms with Crippen LogP contribution in [0.15, 0.2) is 0 Å². The van der Waals surface area contributed by atoms with Crippen molar-refractivity contribution in [2.75, 3.05) is 19.8 Å². The van der Waals surface area contributed by atoms with Gasteiger partial charge in [0.2, 0.25) is 17.6 Å². The topological polar surface area (TPSA) is 536 Å². The molecule has 3 saturated heterocycles. The summed E-state index contributed by atoms with van der Waals surface area (Å²) in [7, 11) is -12.9. The van der Waals surface area contributed by atoms with Crippen LogP contribution in [0.5, 0.6) is 0 Å². The number of unbranched alkanes of at least 4 members (excludes halogenated alkanes) is 50. The summed E-state index contributed by atoms with van der Waals surface area (Å²) in [6.07, 6.45) is 15.3. The van der Waals surface area contributed by atoms with Gasteiger partial charge >= 0.3 is 23.9 Å². The number of carbonyl (C=O) groups excluding carboxylic acids is 7. The number of carboxylic acids is 1. The first-order chi connectivity index (χ1) is 66.3. The lowest BCUT2D eigenvalue weighted by molar-refractivity contribution is -0.394. The number of amides is 2. The highest BCUT2D eigenvalue weighted by atomic mass is 31.2. The second kappa shape index (κ2) is 78.4. The maximum atomic E-state index is 15.5. The Morgan fingerprint density at radius 3 is 1.10 bits per heavy atom. The number of carboxylic acid groups (broad SMARTS) is 1. The lowest BCUT2D eigenvalue weighted by atomic mass is 9.92. The third-order valence-corrected chi connectivity index (χ3v) is 27.5. The van der Waals surface area contributed by atoms with Crippen molar-refractivity contribution in [3.8, 4) is 0 Å². The Bertz CT molecular complexity index is 3230. The highest BCUT2D eigenvalue weighted by Crippen LogP contribution is 2.41. The number of ether oxygens (including phenoxy) is 9. The highest BCUT2D eigenvalue weighted by Gasteiger charge is 2.56. The number of phosphoric acid groups is 2. The Morgan fingerprint density at radius 1 is 0.384 bits per heavy atom. The van der Waals surface area contributed by atoms with Gasteiger partial charge in [-0.3, -0.25) is 28.8 Å². The molecule has 3 aliphatic rings. The monoisotopic (exact) mass is 2010 g/mol. The van der Waals surface area contributed by atoms with Crippen LogP contribution in [0.3, 0.4) is 0 Å². The van der Waals surface area contributed by atoms with Gasteiger partial charge in [-0.2, -0.15) is 0 Å². The molecule has 2 amide bonds. The van der Waals surface area contributed by atoms with Crippen molar-refractivity contribution in [3.63, 3.8) is 0 Å². The van der Waals surface area contributed by atoms with Gasteiger partial charge < -0.3 is 137 Å². The Balaban J connectivity index is 2.43. The molecule has 0 radical (unpaired) electrons. The summed E-state index contributed by atoms with van der Waals surface area (Å²) in [5.74, 6) is -11.6. The number of rotatable bonds is 89. The van der Waals surface area contributed by atoms with Crippen molar-refractivity contribution in [3.05, 3.63) is 0 Å². The third-order valence-electron chi connectivity index (χ3n) is 26.5. The number of phosphoric ester groups is 2. The van der Waals surface area contributed by atoms with Crippen LogP contribution in [0.2, 0.25) is 0 Å². The molecule has 3 aliphatic heterocycles. The predicted molar refractivity (Wildman–Crippen MR) is 513 cm³/mol. The normalized spacial score (nSPS) is 23.0. The third kappa shape index (κ3) is 59.6.